The smallest absolute Gasteiger partial charge is 0.227 e. The second kappa shape index (κ2) is 6.89. The minimum absolute atomic E-state index is 0.128. The number of nitrogens with zero attached hydrogens (tertiary/aromatic N) is 5. The van der Waals surface area contributed by atoms with Crippen molar-refractivity contribution in [3.05, 3.63) is 29.5 Å². The summed E-state index contributed by atoms with van der Waals surface area (Å²) in [6, 6.07) is 2.00. The molecule has 1 aliphatic carbocycles. The maximum absolute atomic E-state index is 13.6. The van der Waals surface area contributed by atoms with Crippen LogP contribution in [0, 0.1) is 11.7 Å². The van der Waals surface area contributed by atoms with E-state index in [1.165, 1.54) is 6.20 Å². The van der Waals surface area contributed by atoms with Gasteiger partial charge in [0.15, 0.2) is 11.6 Å². The minimum atomic E-state index is -0.470. The zero-order chi connectivity index (χ0) is 18.1. The molecule has 1 fully saturated rings. The molecule has 9 heteroatoms. The molecule has 8 nitrogen and oxygen atoms in total. The first kappa shape index (κ1) is 16.7. The molecule has 1 saturated carbocycles. The highest BCUT2D eigenvalue weighted by atomic mass is 19.1. The predicted octanol–water partition coefficient (Wildman–Crippen LogP) is 1.29. The van der Waals surface area contributed by atoms with Crippen LogP contribution in [0.15, 0.2) is 12.3 Å². The Morgan fingerprint density at radius 1 is 1.38 bits per heavy atom. The predicted molar refractivity (Wildman–Crippen MR) is 94.0 cm³/mol. The van der Waals surface area contributed by atoms with Gasteiger partial charge in [-0.05, 0) is 18.9 Å². The molecule has 2 aliphatic rings. The monoisotopic (exact) mass is 359 g/mol. The first-order valence-corrected chi connectivity index (χ1v) is 8.92. The van der Waals surface area contributed by atoms with Crippen LogP contribution in [-0.4, -0.2) is 39.2 Å². The number of carbonyl (C=O) groups is 1. The highest BCUT2D eigenvalue weighted by Crippen LogP contribution is 2.26. The van der Waals surface area contributed by atoms with Gasteiger partial charge in [-0.1, -0.05) is 6.42 Å². The van der Waals surface area contributed by atoms with Gasteiger partial charge >= 0.3 is 0 Å². The molecule has 1 amide bonds. The largest absolute Gasteiger partial charge is 0.371 e. The summed E-state index contributed by atoms with van der Waals surface area (Å²) in [5.41, 5.74) is 1.88. The van der Waals surface area contributed by atoms with E-state index in [-0.39, 0.29) is 17.6 Å². The van der Waals surface area contributed by atoms with Crippen molar-refractivity contribution < 1.29 is 9.18 Å². The van der Waals surface area contributed by atoms with Crippen molar-refractivity contribution in [1.29, 1.82) is 0 Å². The van der Waals surface area contributed by atoms with Crippen LogP contribution in [0.5, 0.6) is 0 Å². The summed E-state index contributed by atoms with van der Waals surface area (Å²) in [5, 5.41) is 10.3. The van der Waals surface area contributed by atoms with E-state index in [9.17, 15) is 9.18 Å². The van der Waals surface area contributed by atoms with Gasteiger partial charge in [-0.2, -0.15) is 10.1 Å². The fraction of sp³-hybridized carbons (Fsp3) is 0.529. The molecule has 138 valence electrons. The molecule has 2 aromatic rings. The molecule has 0 bridgehead atoms. The molecule has 2 aromatic heterocycles. The first-order valence-electron chi connectivity index (χ1n) is 8.92. The Hall–Kier alpha value is -2.71. The van der Waals surface area contributed by atoms with Crippen molar-refractivity contribution in [2.24, 2.45) is 5.92 Å². The highest BCUT2D eigenvalue weighted by molar-refractivity contribution is 5.79. The van der Waals surface area contributed by atoms with E-state index < -0.39 is 5.82 Å². The van der Waals surface area contributed by atoms with Crippen LogP contribution in [0.4, 0.5) is 16.2 Å². The normalized spacial score (nSPS) is 16.8. The number of nitrogens with one attached hydrogen (secondary N) is 2. The van der Waals surface area contributed by atoms with Crippen LogP contribution in [-0.2, 0) is 24.4 Å². The molecule has 0 unspecified atom stereocenters. The second-order valence-corrected chi connectivity index (χ2v) is 6.73. The molecular formula is C17H22FN7O. The lowest BCUT2D eigenvalue weighted by Gasteiger charge is -2.27. The number of halogens is 1. The molecule has 3 heterocycles. The van der Waals surface area contributed by atoms with Gasteiger partial charge in [-0.15, -0.1) is 0 Å². The summed E-state index contributed by atoms with van der Waals surface area (Å²) in [4.78, 5) is 22.3. The van der Waals surface area contributed by atoms with Gasteiger partial charge in [-0.25, -0.2) is 9.37 Å². The third kappa shape index (κ3) is 3.21. The summed E-state index contributed by atoms with van der Waals surface area (Å²) in [6.45, 7) is 2.43. The molecular weight excluding hydrogens is 337 g/mol. The zero-order valence-corrected chi connectivity index (χ0v) is 14.7. The zero-order valence-electron chi connectivity index (χ0n) is 14.7. The van der Waals surface area contributed by atoms with Gasteiger partial charge in [0.1, 0.15) is 0 Å². The van der Waals surface area contributed by atoms with E-state index in [1.807, 2.05) is 15.6 Å². The second-order valence-electron chi connectivity index (χ2n) is 6.73. The van der Waals surface area contributed by atoms with Crippen molar-refractivity contribution in [3.63, 3.8) is 0 Å². The Labute approximate surface area is 150 Å². The Kier molecular flexibility index (Phi) is 4.44. The number of anilines is 2. The van der Waals surface area contributed by atoms with Crippen molar-refractivity contribution in [2.75, 3.05) is 23.8 Å². The number of aromatic nitrogens is 4. The minimum Gasteiger partial charge on any atom is -0.371 e. The number of hydrogen-bond donors (Lipinski definition) is 2. The van der Waals surface area contributed by atoms with Crippen LogP contribution in [0.1, 0.15) is 30.7 Å². The van der Waals surface area contributed by atoms with Gasteiger partial charge in [-0.3, -0.25) is 9.48 Å². The Morgan fingerprint density at radius 2 is 2.23 bits per heavy atom. The summed E-state index contributed by atoms with van der Waals surface area (Å²) >= 11 is 0. The Morgan fingerprint density at radius 3 is 2.96 bits per heavy atom. The average Bonchev–Trinajstić information content (AvgIpc) is 3.01. The summed E-state index contributed by atoms with van der Waals surface area (Å²) in [5.74, 6) is 0.516. The van der Waals surface area contributed by atoms with Gasteiger partial charge in [0.25, 0.3) is 0 Å². The van der Waals surface area contributed by atoms with E-state index in [2.05, 4.69) is 25.7 Å². The fourth-order valence-corrected chi connectivity index (χ4v) is 3.26. The van der Waals surface area contributed by atoms with Gasteiger partial charge in [0.2, 0.25) is 11.9 Å². The lowest BCUT2D eigenvalue weighted by molar-refractivity contribution is -0.127. The van der Waals surface area contributed by atoms with E-state index in [4.69, 9.17) is 0 Å². The maximum Gasteiger partial charge on any atom is 0.227 e. The summed E-state index contributed by atoms with van der Waals surface area (Å²) < 4.78 is 15.5. The van der Waals surface area contributed by atoms with Crippen molar-refractivity contribution in [1.82, 2.24) is 25.1 Å². The van der Waals surface area contributed by atoms with Crippen LogP contribution >= 0.6 is 0 Å². The molecule has 26 heavy (non-hydrogen) atoms. The van der Waals surface area contributed by atoms with Crippen molar-refractivity contribution in [2.45, 2.75) is 38.9 Å². The fourth-order valence-electron chi connectivity index (χ4n) is 3.26. The number of carbonyl (C=O) groups excluding carboxylic acids is 1. The van der Waals surface area contributed by atoms with Crippen molar-refractivity contribution in [3.8, 4) is 0 Å². The van der Waals surface area contributed by atoms with Crippen LogP contribution in [0.3, 0.4) is 0 Å². The summed E-state index contributed by atoms with van der Waals surface area (Å²) in [6.07, 6.45) is 4.31. The quantitative estimate of drug-likeness (QED) is 0.836. The van der Waals surface area contributed by atoms with Crippen LogP contribution in [0.2, 0.25) is 0 Å². The maximum atomic E-state index is 13.6. The molecule has 0 aromatic carbocycles. The van der Waals surface area contributed by atoms with Crippen LogP contribution < -0.4 is 15.5 Å². The topological polar surface area (TPSA) is 88.0 Å². The van der Waals surface area contributed by atoms with E-state index in [1.54, 1.807) is 7.05 Å². The Balaban J connectivity index is 1.42. The number of rotatable bonds is 5. The number of amides is 1. The standard InChI is InChI=1S/C17H22FN7O/c1-19-15-14(18)9-21-17(22-15)24-5-6-25-13(10-24)7-12(23-25)8-20-16(26)11-3-2-4-11/h7,9,11H,2-6,8,10H2,1H3,(H,20,26)(H,19,21,22). The SMILES string of the molecule is CNc1nc(N2CCn3nc(CNC(=O)C4CCC4)cc3C2)ncc1F. The van der Waals surface area contributed by atoms with Gasteiger partial charge in [0, 0.05) is 19.5 Å². The van der Waals surface area contributed by atoms with E-state index in [0.29, 0.717) is 32.1 Å². The van der Waals surface area contributed by atoms with Gasteiger partial charge in [0.05, 0.1) is 37.2 Å². The molecule has 0 radical (unpaired) electrons. The number of hydrogen-bond acceptors (Lipinski definition) is 6. The molecule has 4 rings (SSSR count). The number of fused-ring (bicyclic) bond motifs is 1. The lowest BCUT2D eigenvalue weighted by Crippen LogP contribution is -2.35. The van der Waals surface area contributed by atoms with E-state index in [0.717, 1.165) is 30.7 Å². The van der Waals surface area contributed by atoms with Crippen LogP contribution in [0.25, 0.3) is 0 Å². The molecule has 1 aliphatic heterocycles. The lowest BCUT2D eigenvalue weighted by atomic mass is 9.85. The van der Waals surface area contributed by atoms with E-state index >= 15 is 0 Å². The third-order valence-corrected chi connectivity index (χ3v) is 5.02. The summed E-state index contributed by atoms with van der Waals surface area (Å²) in [7, 11) is 1.63. The molecule has 2 N–H and O–H groups in total. The van der Waals surface area contributed by atoms with Gasteiger partial charge < -0.3 is 15.5 Å². The molecule has 0 saturated heterocycles. The molecule has 0 spiro atoms. The first-order chi connectivity index (χ1) is 12.6. The highest BCUT2D eigenvalue weighted by Gasteiger charge is 2.25. The molecule has 0 atom stereocenters. The van der Waals surface area contributed by atoms with Crippen molar-refractivity contribution >= 4 is 17.7 Å². The Bertz CT molecular complexity index is 817. The average molecular weight is 359 g/mol. The third-order valence-electron chi connectivity index (χ3n) is 5.02.